The topological polar surface area (TPSA) is 3.24 Å². The van der Waals surface area contributed by atoms with Gasteiger partial charge in [-0.05, 0) is 44.2 Å². The Bertz CT molecular complexity index is 170. The highest BCUT2D eigenvalue weighted by Gasteiger charge is 2.40. The minimum Gasteiger partial charge on any atom is -0.306 e. The molecule has 1 saturated heterocycles. The van der Waals surface area contributed by atoms with Gasteiger partial charge in [0.1, 0.15) is 0 Å². The summed E-state index contributed by atoms with van der Waals surface area (Å²) in [5, 5.41) is 0. The van der Waals surface area contributed by atoms with Crippen LogP contribution in [0.25, 0.3) is 0 Å². The van der Waals surface area contributed by atoms with Crippen LogP contribution in [0.3, 0.4) is 0 Å². The lowest BCUT2D eigenvalue weighted by atomic mass is 9.63. The van der Waals surface area contributed by atoms with E-state index in [0.29, 0.717) is 5.41 Å². The largest absolute Gasteiger partial charge is 0.306 e. The number of piperidine rings is 1. The van der Waals surface area contributed by atoms with E-state index >= 15 is 0 Å². The van der Waals surface area contributed by atoms with E-state index in [9.17, 15) is 0 Å². The maximum atomic E-state index is 2.55. The van der Waals surface area contributed by atoms with Crippen molar-refractivity contribution in [2.75, 3.05) is 20.1 Å². The smallest absolute Gasteiger partial charge is 0.00375 e. The van der Waals surface area contributed by atoms with Crippen LogP contribution in [0.2, 0.25) is 0 Å². The molecule has 1 nitrogen and oxygen atoms in total. The quantitative estimate of drug-likeness (QED) is 0.555. The van der Waals surface area contributed by atoms with E-state index in [4.69, 9.17) is 0 Å². The second-order valence-corrected chi connectivity index (χ2v) is 5.35. The number of hydrogen-bond acceptors (Lipinski definition) is 1. The minimum absolute atomic E-state index is 0.714. The van der Waals surface area contributed by atoms with Crippen LogP contribution in [0.1, 0.15) is 45.4 Å². The second kappa shape index (κ2) is 3.61. The van der Waals surface area contributed by atoms with Crippen LogP contribution in [0, 0.1) is 11.3 Å². The third kappa shape index (κ3) is 1.76. The monoisotopic (exact) mass is 181 g/mol. The van der Waals surface area contributed by atoms with Crippen molar-refractivity contribution in [2.45, 2.75) is 45.4 Å². The molecule has 2 rings (SSSR count). The number of nitrogens with zero attached hydrogens (tertiary/aromatic N) is 1. The Morgan fingerprint density at radius 3 is 2.54 bits per heavy atom. The summed E-state index contributed by atoms with van der Waals surface area (Å²) in [6.45, 7) is 5.18. The van der Waals surface area contributed by atoms with Crippen molar-refractivity contribution < 1.29 is 0 Å². The molecule has 1 saturated carbocycles. The SMILES string of the molecule is C[C@H]1CCN(C)CC12CCCCC2. The molecule has 2 aliphatic rings. The first-order valence-electron chi connectivity index (χ1n) is 5.91. The maximum Gasteiger partial charge on any atom is 0.00375 e. The van der Waals surface area contributed by atoms with Crippen LogP contribution in [-0.2, 0) is 0 Å². The average molecular weight is 181 g/mol. The van der Waals surface area contributed by atoms with Gasteiger partial charge in [0.05, 0.1) is 0 Å². The lowest BCUT2D eigenvalue weighted by Crippen LogP contribution is -2.47. The first kappa shape index (κ1) is 9.51. The molecule has 1 aliphatic carbocycles. The molecule has 0 aromatic carbocycles. The lowest BCUT2D eigenvalue weighted by Gasteiger charge is -2.48. The van der Waals surface area contributed by atoms with Crippen molar-refractivity contribution in [3.8, 4) is 0 Å². The summed E-state index contributed by atoms with van der Waals surface area (Å²) in [5.74, 6) is 0.976. The molecule has 0 unspecified atom stereocenters. The van der Waals surface area contributed by atoms with Gasteiger partial charge in [-0.3, -0.25) is 0 Å². The zero-order valence-corrected chi connectivity index (χ0v) is 9.18. The molecule has 0 aromatic heterocycles. The van der Waals surface area contributed by atoms with Gasteiger partial charge in [-0.2, -0.15) is 0 Å². The van der Waals surface area contributed by atoms with Gasteiger partial charge in [-0.1, -0.05) is 26.2 Å². The Kier molecular flexibility index (Phi) is 2.64. The van der Waals surface area contributed by atoms with Crippen molar-refractivity contribution >= 4 is 0 Å². The molecular formula is C12H23N. The lowest BCUT2D eigenvalue weighted by molar-refractivity contribution is 0.0160. The highest BCUT2D eigenvalue weighted by molar-refractivity contribution is 4.92. The first-order valence-corrected chi connectivity index (χ1v) is 5.91. The second-order valence-electron chi connectivity index (χ2n) is 5.35. The van der Waals surface area contributed by atoms with Gasteiger partial charge in [0.15, 0.2) is 0 Å². The Labute approximate surface area is 82.5 Å². The molecule has 76 valence electrons. The van der Waals surface area contributed by atoms with Gasteiger partial charge in [-0.25, -0.2) is 0 Å². The van der Waals surface area contributed by atoms with Crippen LogP contribution >= 0.6 is 0 Å². The van der Waals surface area contributed by atoms with Gasteiger partial charge in [-0.15, -0.1) is 0 Å². The van der Waals surface area contributed by atoms with E-state index in [2.05, 4.69) is 18.9 Å². The van der Waals surface area contributed by atoms with Crippen LogP contribution in [-0.4, -0.2) is 25.0 Å². The van der Waals surface area contributed by atoms with Gasteiger partial charge in [0, 0.05) is 6.54 Å². The number of rotatable bonds is 0. The predicted octanol–water partition coefficient (Wildman–Crippen LogP) is 2.91. The first-order chi connectivity index (χ1) is 6.23. The molecule has 13 heavy (non-hydrogen) atoms. The molecule has 0 bridgehead atoms. The predicted molar refractivity (Wildman–Crippen MR) is 56.8 cm³/mol. The molecule has 1 atom stereocenters. The Hall–Kier alpha value is -0.0400. The highest BCUT2D eigenvalue weighted by atomic mass is 15.1. The van der Waals surface area contributed by atoms with Gasteiger partial charge >= 0.3 is 0 Å². The van der Waals surface area contributed by atoms with Crippen LogP contribution in [0.15, 0.2) is 0 Å². The molecule has 2 fully saturated rings. The Morgan fingerprint density at radius 1 is 1.15 bits per heavy atom. The van der Waals surface area contributed by atoms with Gasteiger partial charge < -0.3 is 4.90 Å². The van der Waals surface area contributed by atoms with Gasteiger partial charge in [0.2, 0.25) is 0 Å². The molecule has 1 heterocycles. The van der Waals surface area contributed by atoms with Crippen molar-refractivity contribution in [3.05, 3.63) is 0 Å². The molecular weight excluding hydrogens is 158 g/mol. The molecule has 0 radical (unpaired) electrons. The molecule has 1 aliphatic heterocycles. The summed E-state index contributed by atoms with van der Waals surface area (Å²) in [5.41, 5.74) is 0.714. The molecule has 0 aromatic rings. The van der Waals surface area contributed by atoms with E-state index in [0.717, 1.165) is 5.92 Å². The third-order valence-electron chi connectivity index (χ3n) is 4.42. The van der Waals surface area contributed by atoms with Crippen molar-refractivity contribution in [2.24, 2.45) is 11.3 Å². The van der Waals surface area contributed by atoms with E-state index in [1.165, 1.54) is 51.6 Å². The zero-order valence-electron chi connectivity index (χ0n) is 9.18. The van der Waals surface area contributed by atoms with Crippen molar-refractivity contribution in [3.63, 3.8) is 0 Å². The Morgan fingerprint density at radius 2 is 1.85 bits per heavy atom. The maximum absolute atomic E-state index is 2.55. The van der Waals surface area contributed by atoms with E-state index < -0.39 is 0 Å². The average Bonchev–Trinajstić information content (AvgIpc) is 2.14. The summed E-state index contributed by atoms with van der Waals surface area (Å²) in [6, 6.07) is 0. The highest BCUT2D eigenvalue weighted by Crippen LogP contribution is 2.46. The summed E-state index contributed by atoms with van der Waals surface area (Å²) in [4.78, 5) is 2.55. The fourth-order valence-corrected chi connectivity index (χ4v) is 3.40. The third-order valence-corrected chi connectivity index (χ3v) is 4.42. The summed E-state index contributed by atoms with van der Waals surface area (Å²) in [7, 11) is 2.29. The molecule has 0 N–H and O–H groups in total. The van der Waals surface area contributed by atoms with Crippen LogP contribution in [0.4, 0.5) is 0 Å². The number of hydrogen-bond donors (Lipinski definition) is 0. The summed E-state index contributed by atoms with van der Waals surface area (Å²) >= 11 is 0. The van der Waals surface area contributed by atoms with E-state index in [1.807, 2.05) is 0 Å². The summed E-state index contributed by atoms with van der Waals surface area (Å²) in [6.07, 6.45) is 8.88. The van der Waals surface area contributed by atoms with Crippen molar-refractivity contribution in [1.29, 1.82) is 0 Å². The molecule has 0 amide bonds. The normalized spacial score (nSPS) is 35.1. The summed E-state index contributed by atoms with van der Waals surface area (Å²) < 4.78 is 0. The van der Waals surface area contributed by atoms with Crippen LogP contribution < -0.4 is 0 Å². The minimum atomic E-state index is 0.714. The van der Waals surface area contributed by atoms with E-state index in [1.54, 1.807) is 0 Å². The standard InChI is InChI=1S/C12H23N/c1-11-6-9-13(2)10-12(11)7-4-3-5-8-12/h11H,3-10H2,1-2H3/t11-/m0/s1. The van der Waals surface area contributed by atoms with E-state index in [-0.39, 0.29) is 0 Å². The zero-order chi connectivity index (χ0) is 9.31. The molecule has 1 heteroatoms. The molecule has 1 spiro atoms. The van der Waals surface area contributed by atoms with Crippen LogP contribution in [0.5, 0.6) is 0 Å². The van der Waals surface area contributed by atoms with Gasteiger partial charge in [0.25, 0.3) is 0 Å². The fourth-order valence-electron chi connectivity index (χ4n) is 3.40. The van der Waals surface area contributed by atoms with Crippen molar-refractivity contribution in [1.82, 2.24) is 4.90 Å². The fraction of sp³-hybridized carbons (Fsp3) is 1.00. The Balaban J connectivity index is 2.07. The number of likely N-dealkylation sites (tertiary alicyclic amines) is 1.